The molecule has 0 atom stereocenters. The van der Waals surface area contributed by atoms with Crippen molar-refractivity contribution < 1.29 is 14.6 Å². The SMILES string of the molecule is COc1ccc(OC)c(-c2nc(Cl)c(CO)[nH]2)c1. The van der Waals surface area contributed by atoms with Gasteiger partial charge in [0.2, 0.25) is 0 Å². The Kier molecular flexibility index (Phi) is 3.74. The summed E-state index contributed by atoms with van der Waals surface area (Å²) in [7, 11) is 3.16. The van der Waals surface area contributed by atoms with E-state index < -0.39 is 0 Å². The minimum absolute atomic E-state index is 0.196. The molecule has 2 aromatic rings. The zero-order valence-corrected chi connectivity index (χ0v) is 10.8. The summed E-state index contributed by atoms with van der Waals surface area (Å²) >= 11 is 5.89. The molecule has 0 unspecified atom stereocenters. The van der Waals surface area contributed by atoms with Crippen molar-refractivity contribution in [3.8, 4) is 22.9 Å². The largest absolute Gasteiger partial charge is 0.497 e. The molecule has 0 radical (unpaired) electrons. The van der Waals surface area contributed by atoms with E-state index in [1.807, 2.05) is 0 Å². The van der Waals surface area contributed by atoms with Crippen molar-refractivity contribution in [1.82, 2.24) is 9.97 Å². The van der Waals surface area contributed by atoms with Crippen molar-refractivity contribution in [3.05, 3.63) is 29.0 Å². The third-order valence-corrected chi connectivity index (χ3v) is 2.86. The first-order chi connectivity index (χ1) is 8.69. The number of methoxy groups -OCH3 is 2. The maximum absolute atomic E-state index is 9.09. The predicted octanol–water partition coefficient (Wildman–Crippen LogP) is 2.24. The Morgan fingerprint density at radius 2 is 2.11 bits per heavy atom. The lowest BCUT2D eigenvalue weighted by Gasteiger charge is -2.08. The van der Waals surface area contributed by atoms with E-state index in [1.165, 1.54) is 0 Å². The highest BCUT2D eigenvalue weighted by molar-refractivity contribution is 6.30. The highest BCUT2D eigenvalue weighted by Crippen LogP contribution is 2.32. The Bertz CT molecular complexity index is 554. The van der Waals surface area contributed by atoms with Crippen LogP contribution < -0.4 is 9.47 Å². The number of benzene rings is 1. The van der Waals surface area contributed by atoms with E-state index in [4.69, 9.17) is 26.2 Å². The van der Waals surface area contributed by atoms with Gasteiger partial charge in [-0.25, -0.2) is 4.98 Å². The second kappa shape index (κ2) is 5.29. The summed E-state index contributed by atoms with van der Waals surface area (Å²) in [6.45, 7) is -0.196. The number of aliphatic hydroxyl groups excluding tert-OH is 1. The Morgan fingerprint density at radius 3 is 2.67 bits per heavy atom. The number of nitrogens with zero attached hydrogens (tertiary/aromatic N) is 1. The normalized spacial score (nSPS) is 10.4. The third kappa shape index (κ3) is 2.27. The quantitative estimate of drug-likeness (QED) is 0.892. The Balaban J connectivity index is 2.53. The van der Waals surface area contributed by atoms with E-state index in [0.29, 0.717) is 23.0 Å². The van der Waals surface area contributed by atoms with Crippen LogP contribution in [-0.2, 0) is 6.61 Å². The fourth-order valence-electron chi connectivity index (χ4n) is 1.62. The van der Waals surface area contributed by atoms with Crippen molar-refractivity contribution in [2.75, 3.05) is 14.2 Å². The molecule has 0 aliphatic heterocycles. The number of aromatic amines is 1. The average molecular weight is 269 g/mol. The number of hydrogen-bond acceptors (Lipinski definition) is 4. The van der Waals surface area contributed by atoms with Crippen LogP contribution in [0.5, 0.6) is 11.5 Å². The highest BCUT2D eigenvalue weighted by Gasteiger charge is 2.14. The summed E-state index contributed by atoms with van der Waals surface area (Å²) in [6.07, 6.45) is 0. The summed E-state index contributed by atoms with van der Waals surface area (Å²) in [5, 5.41) is 9.34. The predicted molar refractivity (Wildman–Crippen MR) is 68.1 cm³/mol. The van der Waals surface area contributed by atoms with Crippen LogP contribution in [-0.4, -0.2) is 29.3 Å². The van der Waals surface area contributed by atoms with Gasteiger partial charge >= 0.3 is 0 Å². The van der Waals surface area contributed by atoms with Gasteiger partial charge in [-0.2, -0.15) is 0 Å². The van der Waals surface area contributed by atoms with Crippen LogP contribution in [0.2, 0.25) is 5.15 Å². The van der Waals surface area contributed by atoms with E-state index in [0.717, 1.165) is 5.56 Å². The van der Waals surface area contributed by atoms with Crippen LogP contribution in [0, 0.1) is 0 Å². The van der Waals surface area contributed by atoms with Gasteiger partial charge in [0.1, 0.15) is 17.3 Å². The average Bonchev–Trinajstić information content (AvgIpc) is 2.79. The first kappa shape index (κ1) is 12.7. The molecule has 1 heterocycles. The molecule has 0 aliphatic rings. The molecule has 0 spiro atoms. The van der Waals surface area contributed by atoms with Crippen LogP contribution in [0.25, 0.3) is 11.4 Å². The highest BCUT2D eigenvalue weighted by atomic mass is 35.5. The van der Waals surface area contributed by atoms with Crippen molar-refractivity contribution in [1.29, 1.82) is 0 Å². The number of halogens is 1. The zero-order chi connectivity index (χ0) is 13.1. The van der Waals surface area contributed by atoms with E-state index in [2.05, 4.69) is 9.97 Å². The Labute approximate surface area is 109 Å². The van der Waals surface area contributed by atoms with Crippen LogP contribution in [0.4, 0.5) is 0 Å². The smallest absolute Gasteiger partial charge is 0.153 e. The number of imidazole rings is 1. The first-order valence-electron chi connectivity index (χ1n) is 5.27. The summed E-state index contributed by atoms with van der Waals surface area (Å²) in [4.78, 5) is 7.09. The maximum Gasteiger partial charge on any atom is 0.153 e. The number of hydrogen-bond donors (Lipinski definition) is 2. The lowest BCUT2D eigenvalue weighted by Crippen LogP contribution is -1.91. The van der Waals surface area contributed by atoms with Gasteiger partial charge in [-0.3, -0.25) is 0 Å². The molecule has 2 rings (SSSR count). The van der Waals surface area contributed by atoms with Crippen molar-refractivity contribution in [3.63, 3.8) is 0 Å². The lowest BCUT2D eigenvalue weighted by molar-refractivity contribution is 0.277. The summed E-state index contributed by atoms with van der Waals surface area (Å²) in [5.41, 5.74) is 1.19. The second-order valence-corrected chi connectivity index (χ2v) is 3.94. The van der Waals surface area contributed by atoms with Crippen LogP contribution in [0.3, 0.4) is 0 Å². The Hall–Kier alpha value is -1.72. The molecular formula is C12H13ClN2O3. The van der Waals surface area contributed by atoms with E-state index in [9.17, 15) is 0 Å². The van der Waals surface area contributed by atoms with Gasteiger partial charge in [0.25, 0.3) is 0 Å². The minimum atomic E-state index is -0.196. The van der Waals surface area contributed by atoms with Crippen molar-refractivity contribution >= 4 is 11.6 Å². The van der Waals surface area contributed by atoms with E-state index >= 15 is 0 Å². The number of H-pyrrole nitrogens is 1. The number of rotatable bonds is 4. The number of ether oxygens (including phenoxy) is 2. The standard InChI is InChI=1S/C12H13ClN2O3/c1-17-7-3-4-10(18-2)8(5-7)12-14-9(6-16)11(13)15-12/h3-5,16H,6H2,1-2H3,(H,14,15). The topological polar surface area (TPSA) is 67.4 Å². The first-order valence-corrected chi connectivity index (χ1v) is 5.65. The monoisotopic (exact) mass is 268 g/mol. The summed E-state index contributed by atoms with van der Waals surface area (Å²) in [5.74, 6) is 1.86. The molecule has 0 aliphatic carbocycles. The van der Waals surface area contributed by atoms with Crippen LogP contribution in [0.15, 0.2) is 18.2 Å². The molecule has 0 bridgehead atoms. The van der Waals surface area contributed by atoms with Gasteiger partial charge in [-0.05, 0) is 18.2 Å². The van der Waals surface area contributed by atoms with Gasteiger partial charge in [-0.15, -0.1) is 0 Å². The van der Waals surface area contributed by atoms with Gasteiger partial charge in [0.05, 0.1) is 32.1 Å². The molecule has 96 valence electrons. The third-order valence-electron chi connectivity index (χ3n) is 2.55. The van der Waals surface area contributed by atoms with Crippen molar-refractivity contribution in [2.45, 2.75) is 6.61 Å². The van der Waals surface area contributed by atoms with Crippen LogP contribution >= 0.6 is 11.6 Å². The minimum Gasteiger partial charge on any atom is -0.497 e. The van der Waals surface area contributed by atoms with Gasteiger partial charge < -0.3 is 19.6 Å². The lowest BCUT2D eigenvalue weighted by atomic mass is 10.2. The van der Waals surface area contributed by atoms with Gasteiger partial charge in [0, 0.05) is 0 Å². The summed E-state index contributed by atoms with van der Waals surface area (Å²) < 4.78 is 10.4. The molecular weight excluding hydrogens is 256 g/mol. The molecule has 1 aromatic heterocycles. The molecule has 5 nitrogen and oxygen atoms in total. The van der Waals surface area contributed by atoms with E-state index in [-0.39, 0.29) is 11.8 Å². The van der Waals surface area contributed by atoms with Gasteiger partial charge in [-0.1, -0.05) is 11.6 Å². The fourth-order valence-corrected chi connectivity index (χ4v) is 1.81. The molecule has 6 heteroatoms. The fraction of sp³-hybridized carbons (Fsp3) is 0.250. The molecule has 1 aromatic carbocycles. The zero-order valence-electron chi connectivity index (χ0n) is 10.0. The number of aromatic nitrogens is 2. The molecule has 18 heavy (non-hydrogen) atoms. The van der Waals surface area contributed by atoms with Crippen LogP contribution in [0.1, 0.15) is 5.69 Å². The number of nitrogens with one attached hydrogen (secondary N) is 1. The maximum atomic E-state index is 9.09. The molecule has 0 amide bonds. The molecule has 0 saturated carbocycles. The number of aliphatic hydroxyl groups is 1. The van der Waals surface area contributed by atoms with Crippen molar-refractivity contribution in [2.24, 2.45) is 0 Å². The Morgan fingerprint density at radius 1 is 1.33 bits per heavy atom. The molecule has 0 saturated heterocycles. The molecule has 0 fully saturated rings. The summed E-state index contributed by atoms with van der Waals surface area (Å²) in [6, 6.07) is 5.36. The van der Waals surface area contributed by atoms with Gasteiger partial charge in [0.15, 0.2) is 5.15 Å². The molecule has 2 N–H and O–H groups in total. The van der Waals surface area contributed by atoms with E-state index in [1.54, 1.807) is 32.4 Å². The second-order valence-electron chi connectivity index (χ2n) is 3.58.